The molecule has 0 bridgehead atoms. The summed E-state index contributed by atoms with van der Waals surface area (Å²) in [5.41, 5.74) is 2.31. The van der Waals surface area contributed by atoms with Gasteiger partial charge in [0.15, 0.2) is 0 Å². The fourth-order valence-corrected chi connectivity index (χ4v) is 2.37. The number of carbonyl (C=O) groups excluding carboxylic acids is 1. The second-order valence-electron chi connectivity index (χ2n) is 5.58. The van der Waals surface area contributed by atoms with Crippen LogP contribution < -0.4 is 10.6 Å². The number of aromatic nitrogens is 1. The van der Waals surface area contributed by atoms with Crippen LogP contribution in [0, 0.1) is 5.92 Å². The standard InChI is InChI=1S/C16H23N3O/c1-11(2)8-15(16(20)17-3)19-10-12-4-5-13-6-7-18-14(13)9-12/h4-7,9,11,15,18-19H,8,10H2,1-3H3,(H,17,20). The quantitative estimate of drug-likeness (QED) is 0.757. The van der Waals surface area contributed by atoms with Gasteiger partial charge in [-0.2, -0.15) is 0 Å². The third-order valence-corrected chi connectivity index (χ3v) is 3.44. The average molecular weight is 273 g/mol. The van der Waals surface area contributed by atoms with Crippen molar-refractivity contribution in [2.75, 3.05) is 7.05 Å². The van der Waals surface area contributed by atoms with E-state index in [9.17, 15) is 4.79 Å². The van der Waals surface area contributed by atoms with Gasteiger partial charge in [-0.1, -0.05) is 26.0 Å². The van der Waals surface area contributed by atoms with Crippen LogP contribution in [0.3, 0.4) is 0 Å². The third-order valence-electron chi connectivity index (χ3n) is 3.44. The molecule has 1 aromatic carbocycles. The Labute approximate surface area is 120 Å². The van der Waals surface area contributed by atoms with Crippen molar-refractivity contribution < 1.29 is 4.79 Å². The summed E-state index contributed by atoms with van der Waals surface area (Å²) in [7, 11) is 1.68. The van der Waals surface area contributed by atoms with Gasteiger partial charge in [-0.25, -0.2) is 0 Å². The van der Waals surface area contributed by atoms with E-state index >= 15 is 0 Å². The van der Waals surface area contributed by atoms with E-state index in [1.807, 2.05) is 6.20 Å². The van der Waals surface area contributed by atoms with Gasteiger partial charge in [-0.05, 0) is 35.4 Å². The lowest BCUT2D eigenvalue weighted by Gasteiger charge is -2.19. The van der Waals surface area contributed by atoms with Gasteiger partial charge in [0.05, 0.1) is 6.04 Å². The minimum atomic E-state index is -0.140. The minimum Gasteiger partial charge on any atom is -0.361 e. The first-order valence-corrected chi connectivity index (χ1v) is 7.11. The van der Waals surface area contributed by atoms with Gasteiger partial charge >= 0.3 is 0 Å². The first kappa shape index (κ1) is 14.6. The molecular weight excluding hydrogens is 250 g/mol. The molecule has 1 amide bonds. The van der Waals surface area contributed by atoms with Crippen LogP contribution >= 0.6 is 0 Å². The van der Waals surface area contributed by atoms with E-state index < -0.39 is 0 Å². The number of hydrogen-bond donors (Lipinski definition) is 3. The van der Waals surface area contributed by atoms with Crippen molar-refractivity contribution in [1.82, 2.24) is 15.6 Å². The number of likely N-dealkylation sites (N-methyl/N-ethyl adjacent to an activating group) is 1. The average Bonchev–Trinajstić information content (AvgIpc) is 2.89. The monoisotopic (exact) mass is 273 g/mol. The van der Waals surface area contributed by atoms with Gasteiger partial charge in [0.1, 0.15) is 0 Å². The topological polar surface area (TPSA) is 56.9 Å². The zero-order valence-corrected chi connectivity index (χ0v) is 12.4. The smallest absolute Gasteiger partial charge is 0.236 e. The predicted octanol–water partition coefficient (Wildman–Crippen LogP) is 2.42. The maximum absolute atomic E-state index is 11.9. The molecule has 2 rings (SSSR count). The van der Waals surface area contributed by atoms with E-state index in [4.69, 9.17) is 0 Å². The van der Waals surface area contributed by atoms with Gasteiger partial charge in [-0.3, -0.25) is 4.79 Å². The normalized spacial score (nSPS) is 12.8. The summed E-state index contributed by atoms with van der Waals surface area (Å²) in [6, 6.07) is 8.23. The Morgan fingerprint density at radius 2 is 2.10 bits per heavy atom. The summed E-state index contributed by atoms with van der Waals surface area (Å²) in [5.74, 6) is 0.537. The van der Waals surface area contributed by atoms with Gasteiger partial charge in [0.25, 0.3) is 0 Å². The van der Waals surface area contributed by atoms with E-state index in [2.05, 4.69) is 53.7 Å². The maximum atomic E-state index is 11.9. The van der Waals surface area contributed by atoms with E-state index in [1.165, 1.54) is 10.9 Å². The van der Waals surface area contributed by atoms with Gasteiger partial charge in [0, 0.05) is 25.3 Å². The molecule has 3 N–H and O–H groups in total. The largest absolute Gasteiger partial charge is 0.361 e. The van der Waals surface area contributed by atoms with E-state index in [-0.39, 0.29) is 11.9 Å². The molecule has 1 atom stereocenters. The molecule has 0 spiro atoms. The minimum absolute atomic E-state index is 0.0552. The highest BCUT2D eigenvalue weighted by molar-refractivity contribution is 5.81. The molecule has 1 aromatic heterocycles. The van der Waals surface area contributed by atoms with Crippen LogP contribution in [0.1, 0.15) is 25.8 Å². The molecule has 4 nitrogen and oxygen atoms in total. The highest BCUT2D eigenvalue weighted by Gasteiger charge is 2.17. The maximum Gasteiger partial charge on any atom is 0.236 e. The van der Waals surface area contributed by atoms with E-state index in [1.54, 1.807) is 7.05 Å². The molecule has 0 aliphatic rings. The summed E-state index contributed by atoms with van der Waals surface area (Å²) >= 11 is 0. The molecule has 0 fully saturated rings. The zero-order valence-electron chi connectivity index (χ0n) is 12.4. The lowest BCUT2D eigenvalue weighted by atomic mass is 10.0. The summed E-state index contributed by atoms with van der Waals surface area (Å²) in [4.78, 5) is 15.1. The molecule has 108 valence electrons. The van der Waals surface area contributed by atoms with Crippen LogP contribution in [0.4, 0.5) is 0 Å². The van der Waals surface area contributed by atoms with Crippen LogP contribution in [0.25, 0.3) is 10.9 Å². The summed E-state index contributed by atoms with van der Waals surface area (Å²) < 4.78 is 0. The highest BCUT2D eigenvalue weighted by Crippen LogP contribution is 2.14. The number of carbonyl (C=O) groups is 1. The Bertz CT molecular complexity index is 574. The summed E-state index contributed by atoms with van der Waals surface area (Å²) in [6.07, 6.45) is 2.78. The Morgan fingerprint density at radius 1 is 1.30 bits per heavy atom. The molecule has 0 radical (unpaired) electrons. The number of nitrogens with one attached hydrogen (secondary N) is 3. The number of rotatable bonds is 6. The first-order chi connectivity index (χ1) is 9.60. The molecule has 0 aliphatic heterocycles. The van der Waals surface area contributed by atoms with Gasteiger partial charge < -0.3 is 15.6 Å². The second-order valence-corrected chi connectivity index (χ2v) is 5.58. The Kier molecular flexibility index (Phi) is 4.79. The SMILES string of the molecule is CNC(=O)C(CC(C)C)NCc1ccc2cc[nH]c2c1. The molecule has 1 unspecified atom stereocenters. The van der Waals surface area contributed by atoms with E-state index in [0.717, 1.165) is 11.9 Å². The lowest BCUT2D eigenvalue weighted by molar-refractivity contribution is -0.123. The summed E-state index contributed by atoms with van der Waals surface area (Å²) in [5, 5.41) is 7.28. The van der Waals surface area contributed by atoms with Crippen molar-refractivity contribution in [2.24, 2.45) is 5.92 Å². The molecule has 4 heteroatoms. The Hall–Kier alpha value is -1.81. The van der Waals surface area contributed by atoms with Crippen molar-refractivity contribution >= 4 is 16.8 Å². The molecule has 2 aromatic rings. The van der Waals surface area contributed by atoms with Crippen LogP contribution in [0.2, 0.25) is 0 Å². The zero-order chi connectivity index (χ0) is 14.5. The molecule has 0 saturated carbocycles. The number of fused-ring (bicyclic) bond motifs is 1. The predicted molar refractivity (Wildman–Crippen MR) is 82.4 cm³/mol. The molecule has 0 aliphatic carbocycles. The number of aromatic amines is 1. The summed E-state index contributed by atoms with van der Waals surface area (Å²) in [6.45, 7) is 4.95. The van der Waals surface area contributed by atoms with Crippen molar-refractivity contribution in [3.8, 4) is 0 Å². The second kappa shape index (κ2) is 6.57. The lowest BCUT2D eigenvalue weighted by Crippen LogP contribution is -2.43. The van der Waals surface area contributed by atoms with Crippen LogP contribution in [0.15, 0.2) is 30.5 Å². The molecule has 0 saturated heterocycles. The van der Waals surface area contributed by atoms with Crippen molar-refractivity contribution in [3.63, 3.8) is 0 Å². The van der Waals surface area contributed by atoms with E-state index in [0.29, 0.717) is 12.5 Å². The number of hydrogen-bond acceptors (Lipinski definition) is 2. The van der Waals surface area contributed by atoms with Gasteiger partial charge in [0.2, 0.25) is 5.91 Å². The number of H-pyrrole nitrogens is 1. The Morgan fingerprint density at radius 3 is 2.80 bits per heavy atom. The van der Waals surface area contributed by atoms with Crippen LogP contribution in [-0.2, 0) is 11.3 Å². The Balaban J connectivity index is 2.02. The number of amides is 1. The van der Waals surface area contributed by atoms with Crippen molar-refractivity contribution in [1.29, 1.82) is 0 Å². The van der Waals surface area contributed by atoms with Crippen molar-refractivity contribution in [3.05, 3.63) is 36.0 Å². The fourth-order valence-electron chi connectivity index (χ4n) is 2.37. The van der Waals surface area contributed by atoms with Crippen molar-refractivity contribution in [2.45, 2.75) is 32.9 Å². The number of benzene rings is 1. The third kappa shape index (κ3) is 3.61. The molecule has 1 heterocycles. The highest BCUT2D eigenvalue weighted by atomic mass is 16.2. The van der Waals surface area contributed by atoms with Crippen LogP contribution in [0.5, 0.6) is 0 Å². The molecule has 20 heavy (non-hydrogen) atoms. The van der Waals surface area contributed by atoms with Gasteiger partial charge in [-0.15, -0.1) is 0 Å². The first-order valence-electron chi connectivity index (χ1n) is 7.11. The molecular formula is C16H23N3O. The van der Waals surface area contributed by atoms with Crippen LogP contribution in [-0.4, -0.2) is 24.0 Å². The fraction of sp³-hybridized carbons (Fsp3) is 0.438.